The minimum absolute atomic E-state index is 0.354. The lowest BCUT2D eigenvalue weighted by atomic mass is 10.1. The summed E-state index contributed by atoms with van der Waals surface area (Å²) in [5.74, 6) is 1.15. The van der Waals surface area contributed by atoms with E-state index >= 15 is 0 Å². The number of hydrogen-bond donors (Lipinski definition) is 3. The molecule has 0 unspecified atom stereocenters. The van der Waals surface area contributed by atoms with E-state index in [4.69, 9.17) is 12.2 Å². The van der Waals surface area contributed by atoms with Gasteiger partial charge in [0.15, 0.2) is 6.10 Å². The third-order valence-corrected chi connectivity index (χ3v) is 2.84. The Bertz CT molecular complexity index is 494. The summed E-state index contributed by atoms with van der Waals surface area (Å²) in [6, 6.07) is 7.63. The molecular weight excluding hydrogens is 256 g/mol. The van der Waals surface area contributed by atoms with Gasteiger partial charge in [0.25, 0.3) is 5.91 Å². The maximum Gasteiger partial charge on any atom is 0.254 e. The molecule has 106 valence electrons. The van der Waals surface area contributed by atoms with Gasteiger partial charge < -0.3 is 16.2 Å². The molecule has 0 aliphatic carbocycles. The molecule has 0 aliphatic rings. The van der Waals surface area contributed by atoms with Gasteiger partial charge in [-0.3, -0.25) is 9.59 Å². The summed E-state index contributed by atoms with van der Waals surface area (Å²) in [4.78, 5) is 23.1. The molecule has 1 aromatic carbocycles. The molecule has 0 aromatic heterocycles. The molecule has 0 aliphatic heterocycles. The fourth-order valence-electron chi connectivity index (χ4n) is 1.73. The van der Waals surface area contributed by atoms with Crippen molar-refractivity contribution in [3.05, 3.63) is 35.9 Å². The normalized spacial score (nSPS) is 13.0. The Kier molecular flexibility index (Phi) is 6.27. The van der Waals surface area contributed by atoms with Gasteiger partial charge in [-0.1, -0.05) is 30.3 Å². The van der Waals surface area contributed by atoms with E-state index in [0.717, 1.165) is 0 Å². The minimum Gasteiger partial charge on any atom is -0.378 e. The minimum atomic E-state index is -1.33. The Labute approximate surface area is 118 Å². The van der Waals surface area contributed by atoms with Gasteiger partial charge in [-0.25, -0.2) is 0 Å². The van der Waals surface area contributed by atoms with E-state index in [0.29, 0.717) is 24.8 Å². The van der Waals surface area contributed by atoms with Crippen LogP contribution in [0.3, 0.4) is 0 Å². The summed E-state index contributed by atoms with van der Waals surface area (Å²) in [6.07, 6.45) is 5.22. The van der Waals surface area contributed by atoms with Crippen LogP contribution in [0.5, 0.6) is 0 Å². The number of nitrogens with one attached hydrogen (secondary N) is 1. The van der Waals surface area contributed by atoms with E-state index < -0.39 is 24.0 Å². The lowest BCUT2D eigenvalue weighted by Crippen LogP contribution is -2.46. The molecule has 1 aromatic rings. The Morgan fingerprint density at radius 1 is 1.35 bits per heavy atom. The van der Waals surface area contributed by atoms with E-state index in [1.165, 1.54) is 0 Å². The van der Waals surface area contributed by atoms with Crippen LogP contribution in [0, 0.1) is 12.3 Å². The number of nitrogens with two attached hydrogens (primary N) is 1. The van der Waals surface area contributed by atoms with Crippen molar-refractivity contribution >= 4 is 11.8 Å². The highest BCUT2D eigenvalue weighted by molar-refractivity contribution is 5.88. The fraction of sp³-hybridized carbons (Fsp3) is 0.333. The first-order chi connectivity index (χ1) is 9.56. The van der Waals surface area contributed by atoms with Crippen LogP contribution in [0.2, 0.25) is 0 Å². The summed E-state index contributed by atoms with van der Waals surface area (Å²) >= 11 is 0. The van der Waals surface area contributed by atoms with Gasteiger partial charge in [-0.2, -0.15) is 0 Å². The van der Waals surface area contributed by atoms with Crippen LogP contribution in [0.25, 0.3) is 0 Å². The first-order valence-electron chi connectivity index (χ1n) is 6.32. The number of carbonyl (C=O) groups excluding carboxylic acids is 2. The monoisotopic (exact) mass is 274 g/mol. The Morgan fingerprint density at radius 3 is 2.55 bits per heavy atom. The van der Waals surface area contributed by atoms with Crippen molar-refractivity contribution in [2.45, 2.75) is 31.4 Å². The summed E-state index contributed by atoms with van der Waals surface area (Å²) in [5.41, 5.74) is 5.67. The molecule has 0 spiro atoms. The van der Waals surface area contributed by atoms with Gasteiger partial charge in [0.2, 0.25) is 5.91 Å². The number of benzene rings is 1. The predicted molar refractivity (Wildman–Crippen MR) is 75.2 cm³/mol. The van der Waals surface area contributed by atoms with E-state index in [1.54, 1.807) is 30.3 Å². The molecule has 1 rings (SSSR count). The van der Waals surface area contributed by atoms with Crippen molar-refractivity contribution in [3.63, 3.8) is 0 Å². The summed E-state index contributed by atoms with van der Waals surface area (Å²) in [7, 11) is 0. The number of primary amides is 1. The van der Waals surface area contributed by atoms with Gasteiger partial charge in [-0.15, -0.1) is 12.3 Å². The largest absolute Gasteiger partial charge is 0.378 e. The average Bonchev–Trinajstić information content (AvgIpc) is 2.46. The standard InChI is InChI=1S/C15H18N2O3/c1-2-3-5-10-12(14(16)19)17-15(20)13(18)11-8-6-4-7-9-11/h1,4,6-9,12-13,18H,3,5,10H2,(H2,16,19)(H,17,20)/t12-,13+/m1/s1. The van der Waals surface area contributed by atoms with Crippen LogP contribution >= 0.6 is 0 Å². The lowest BCUT2D eigenvalue weighted by Gasteiger charge is -2.17. The third-order valence-electron chi connectivity index (χ3n) is 2.84. The van der Waals surface area contributed by atoms with Crippen LogP contribution in [-0.2, 0) is 9.59 Å². The van der Waals surface area contributed by atoms with E-state index in [9.17, 15) is 14.7 Å². The van der Waals surface area contributed by atoms with Gasteiger partial charge in [0.05, 0.1) is 0 Å². The second kappa shape index (κ2) is 7.97. The molecule has 0 fully saturated rings. The zero-order valence-corrected chi connectivity index (χ0v) is 11.1. The number of amides is 2. The zero-order chi connectivity index (χ0) is 15.0. The van der Waals surface area contributed by atoms with E-state index in [-0.39, 0.29) is 0 Å². The number of rotatable bonds is 7. The molecule has 5 nitrogen and oxygen atoms in total. The number of terminal acetylenes is 1. The number of unbranched alkanes of at least 4 members (excludes halogenated alkanes) is 1. The van der Waals surface area contributed by atoms with Crippen molar-refractivity contribution in [1.82, 2.24) is 5.32 Å². The van der Waals surface area contributed by atoms with Gasteiger partial charge >= 0.3 is 0 Å². The van der Waals surface area contributed by atoms with E-state index in [1.807, 2.05) is 0 Å². The molecule has 5 heteroatoms. The third kappa shape index (κ3) is 4.75. The molecule has 0 saturated heterocycles. The average molecular weight is 274 g/mol. The molecule has 0 heterocycles. The van der Waals surface area contributed by atoms with Crippen molar-refractivity contribution in [2.24, 2.45) is 5.73 Å². The molecule has 0 bridgehead atoms. The second-order valence-corrected chi connectivity index (χ2v) is 4.37. The number of aliphatic hydroxyl groups is 1. The maximum atomic E-state index is 11.9. The molecule has 20 heavy (non-hydrogen) atoms. The Hall–Kier alpha value is -2.32. The molecular formula is C15H18N2O3. The Balaban J connectivity index is 2.62. The number of aliphatic hydroxyl groups excluding tert-OH is 1. The second-order valence-electron chi connectivity index (χ2n) is 4.37. The quantitative estimate of drug-likeness (QED) is 0.499. The lowest BCUT2D eigenvalue weighted by molar-refractivity contribution is -0.133. The highest BCUT2D eigenvalue weighted by Gasteiger charge is 2.23. The first-order valence-corrected chi connectivity index (χ1v) is 6.32. The number of carbonyl (C=O) groups is 2. The summed E-state index contributed by atoms with van der Waals surface area (Å²) in [5, 5.41) is 12.3. The molecule has 4 N–H and O–H groups in total. The van der Waals surface area contributed by atoms with E-state index in [2.05, 4.69) is 11.2 Å². The predicted octanol–water partition coefficient (Wildman–Crippen LogP) is 0.494. The molecule has 2 atom stereocenters. The molecule has 0 saturated carbocycles. The SMILES string of the molecule is C#CCCC[C@@H](NC(=O)[C@@H](O)c1ccccc1)C(N)=O. The highest BCUT2D eigenvalue weighted by Crippen LogP contribution is 2.12. The van der Waals surface area contributed by atoms with Gasteiger partial charge in [-0.05, 0) is 18.4 Å². The van der Waals surface area contributed by atoms with Crippen LogP contribution < -0.4 is 11.1 Å². The van der Waals surface area contributed by atoms with Crippen LogP contribution in [0.4, 0.5) is 0 Å². The van der Waals surface area contributed by atoms with Crippen LogP contribution in [0.15, 0.2) is 30.3 Å². The first kappa shape index (κ1) is 15.7. The summed E-state index contributed by atoms with van der Waals surface area (Å²) in [6.45, 7) is 0. The van der Waals surface area contributed by atoms with Crippen molar-refractivity contribution in [3.8, 4) is 12.3 Å². The van der Waals surface area contributed by atoms with Gasteiger partial charge in [0.1, 0.15) is 6.04 Å². The fourth-order valence-corrected chi connectivity index (χ4v) is 1.73. The van der Waals surface area contributed by atoms with Crippen LogP contribution in [0.1, 0.15) is 30.9 Å². The van der Waals surface area contributed by atoms with Crippen molar-refractivity contribution in [1.29, 1.82) is 0 Å². The topological polar surface area (TPSA) is 92.4 Å². The highest BCUT2D eigenvalue weighted by atomic mass is 16.3. The number of hydrogen-bond acceptors (Lipinski definition) is 3. The Morgan fingerprint density at radius 2 is 2.00 bits per heavy atom. The van der Waals surface area contributed by atoms with Crippen molar-refractivity contribution in [2.75, 3.05) is 0 Å². The van der Waals surface area contributed by atoms with Gasteiger partial charge in [0, 0.05) is 6.42 Å². The smallest absolute Gasteiger partial charge is 0.254 e. The van der Waals surface area contributed by atoms with Crippen molar-refractivity contribution < 1.29 is 14.7 Å². The zero-order valence-electron chi connectivity index (χ0n) is 11.1. The van der Waals surface area contributed by atoms with Crippen LogP contribution in [-0.4, -0.2) is 23.0 Å². The maximum absolute atomic E-state index is 11.9. The molecule has 0 radical (unpaired) electrons. The molecule has 2 amide bonds. The summed E-state index contributed by atoms with van der Waals surface area (Å²) < 4.78 is 0.